The fourth-order valence-electron chi connectivity index (χ4n) is 1.96. The monoisotopic (exact) mass is 412 g/mol. The van der Waals surface area contributed by atoms with Gasteiger partial charge in [0.15, 0.2) is 0 Å². The summed E-state index contributed by atoms with van der Waals surface area (Å²) >= 11 is 1.46. The first kappa shape index (κ1) is 23.5. The van der Waals surface area contributed by atoms with Gasteiger partial charge in [-0.25, -0.2) is 9.59 Å². The van der Waals surface area contributed by atoms with E-state index in [-0.39, 0.29) is 12.5 Å². The number of nitrogens with one attached hydrogen (secondary N) is 2. The van der Waals surface area contributed by atoms with Crippen LogP contribution in [0.5, 0.6) is 5.75 Å². The number of anilines is 1. The van der Waals surface area contributed by atoms with E-state index < -0.39 is 18.0 Å². The number of fused-ring (bicyclic) bond motifs is 1. The van der Waals surface area contributed by atoms with Crippen LogP contribution >= 0.6 is 11.8 Å². The van der Waals surface area contributed by atoms with Crippen molar-refractivity contribution in [1.29, 1.82) is 0 Å². The topological polar surface area (TPSA) is 145 Å². The first-order valence-electron chi connectivity index (χ1n) is 8.43. The number of carboxylic acid groups (broad SMARTS) is 2. The lowest BCUT2D eigenvalue weighted by Crippen LogP contribution is -2.35. The predicted molar refractivity (Wildman–Crippen MR) is 105 cm³/mol. The molecule has 1 aliphatic heterocycles. The minimum Gasteiger partial charge on any atom is -0.490 e. The van der Waals surface area contributed by atoms with E-state index >= 15 is 0 Å². The lowest BCUT2D eigenvalue weighted by Gasteiger charge is -2.20. The van der Waals surface area contributed by atoms with Gasteiger partial charge in [0, 0.05) is 24.7 Å². The molecule has 0 bridgehead atoms. The third-order valence-corrected chi connectivity index (χ3v) is 4.28. The van der Waals surface area contributed by atoms with E-state index in [1.165, 1.54) is 11.8 Å². The summed E-state index contributed by atoms with van der Waals surface area (Å²) in [6.07, 6.45) is 0.557. The molecular formula is C18H24N2O7S. The van der Waals surface area contributed by atoms with Gasteiger partial charge in [-0.05, 0) is 12.1 Å². The molecule has 0 spiro atoms. The lowest BCUT2D eigenvalue weighted by molar-refractivity contribution is -0.134. The Kier molecular flexibility index (Phi) is 10.1. The number of carbonyl (C=O) groups is 3. The van der Waals surface area contributed by atoms with Gasteiger partial charge < -0.3 is 30.7 Å². The van der Waals surface area contributed by atoms with Crippen molar-refractivity contribution in [3.05, 3.63) is 30.4 Å². The Bertz CT molecular complexity index is 706. The first-order valence-corrected chi connectivity index (χ1v) is 9.41. The molecule has 1 heterocycles. The van der Waals surface area contributed by atoms with E-state index in [9.17, 15) is 19.5 Å². The van der Waals surface area contributed by atoms with Gasteiger partial charge in [-0.15, -0.1) is 11.8 Å². The molecule has 1 unspecified atom stereocenters. The summed E-state index contributed by atoms with van der Waals surface area (Å²) < 4.78 is 5.67. The highest BCUT2D eigenvalue weighted by atomic mass is 32.2. The van der Waals surface area contributed by atoms with Crippen LogP contribution in [0.4, 0.5) is 5.69 Å². The average Bonchev–Trinajstić information content (AvgIpc) is 2.63. The Morgan fingerprint density at radius 2 is 1.93 bits per heavy atom. The van der Waals surface area contributed by atoms with Crippen LogP contribution in [0.15, 0.2) is 35.2 Å². The highest BCUT2D eigenvalue weighted by Crippen LogP contribution is 2.38. The number of aliphatic hydroxyl groups is 1. The molecule has 28 heavy (non-hydrogen) atoms. The Labute approximate surface area is 166 Å². The molecule has 0 radical (unpaired) electrons. The van der Waals surface area contributed by atoms with Gasteiger partial charge in [0.25, 0.3) is 0 Å². The number of aliphatic hydroxyl groups excluding tert-OH is 1. The summed E-state index contributed by atoms with van der Waals surface area (Å²) in [5, 5.41) is 31.4. The zero-order chi connectivity index (χ0) is 21.1. The zero-order valence-corrected chi connectivity index (χ0v) is 16.4. The van der Waals surface area contributed by atoms with Gasteiger partial charge in [-0.1, -0.05) is 19.9 Å². The van der Waals surface area contributed by atoms with E-state index in [4.69, 9.17) is 14.9 Å². The third-order valence-electron chi connectivity index (χ3n) is 3.16. The Balaban J connectivity index is 0.000000416. The second-order valence-corrected chi connectivity index (χ2v) is 6.99. The molecule has 5 N–H and O–H groups in total. The largest absolute Gasteiger partial charge is 0.490 e. The number of carboxylic acids is 2. The molecule has 0 aromatic heterocycles. The van der Waals surface area contributed by atoms with E-state index in [0.29, 0.717) is 36.2 Å². The van der Waals surface area contributed by atoms with E-state index in [1.54, 1.807) is 0 Å². The van der Waals surface area contributed by atoms with Crippen molar-refractivity contribution in [1.82, 2.24) is 5.32 Å². The molecule has 2 rings (SSSR count). The molecule has 9 nitrogen and oxygen atoms in total. The van der Waals surface area contributed by atoms with E-state index in [1.807, 2.05) is 32.0 Å². The van der Waals surface area contributed by atoms with Crippen LogP contribution < -0.4 is 15.4 Å². The van der Waals surface area contributed by atoms with Crippen molar-refractivity contribution in [3.63, 3.8) is 0 Å². The SMILES string of the molecule is CC(C)NCC(O)COc1cccc2c1SCC(=O)N2.O=C(O)/C=C/C(=O)O. The molecule has 1 amide bonds. The standard InChI is InChI=1S/C14H20N2O3S.C4H4O4/c1-9(2)15-6-10(17)7-19-12-5-3-4-11-14(12)20-8-13(18)16-11;5-3(6)1-2-4(7)8/h3-5,9-10,15,17H,6-8H2,1-2H3,(H,16,18);1-2H,(H,5,6)(H,7,8)/b;2-1+. The van der Waals surface area contributed by atoms with Gasteiger partial charge in [-0.2, -0.15) is 0 Å². The maximum absolute atomic E-state index is 11.3. The van der Waals surface area contributed by atoms with Crippen LogP contribution in [0, 0.1) is 0 Å². The maximum Gasteiger partial charge on any atom is 0.328 e. The molecule has 10 heteroatoms. The van der Waals surface area contributed by atoms with Crippen molar-refractivity contribution >= 4 is 35.3 Å². The maximum atomic E-state index is 11.3. The molecule has 1 atom stereocenters. The fraction of sp³-hybridized carbons (Fsp3) is 0.389. The van der Waals surface area contributed by atoms with Crippen LogP contribution in [0.3, 0.4) is 0 Å². The van der Waals surface area contributed by atoms with Gasteiger partial charge in [0.05, 0.1) is 16.3 Å². The summed E-state index contributed by atoms with van der Waals surface area (Å²) in [7, 11) is 0. The summed E-state index contributed by atoms with van der Waals surface area (Å²) in [5.41, 5.74) is 0.776. The Morgan fingerprint density at radius 1 is 1.29 bits per heavy atom. The number of ether oxygens (including phenoxy) is 1. The van der Waals surface area contributed by atoms with Crippen molar-refractivity contribution < 1.29 is 34.4 Å². The molecule has 154 valence electrons. The van der Waals surface area contributed by atoms with E-state index in [2.05, 4.69) is 10.6 Å². The highest BCUT2D eigenvalue weighted by Gasteiger charge is 2.19. The average molecular weight is 412 g/mol. The number of rotatable bonds is 8. The number of carbonyl (C=O) groups excluding carboxylic acids is 1. The summed E-state index contributed by atoms with van der Waals surface area (Å²) in [6.45, 7) is 4.78. The normalized spacial score (nSPS) is 13.9. The minimum absolute atomic E-state index is 0.000758. The second kappa shape index (κ2) is 12.0. The lowest BCUT2D eigenvalue weighted by atomic mass is 10.3. The van der Waals surface area contributed by atoms with Gasteiger partial charge in [0.1, 0.15) is 18.5 Å². The van der Waals surface area contributed by atoms with Gasteiger partial charge in [-0.3, -0.25) is 4.79 Å². The smallest absolute Gasteiger partial charge is 0.328 e. The molecule has 0 saturated heterocycles. The van der Waals surface area contributed by atoms with Crippen molar-refractivity contribution in [2.75, 3.05) is 24.2 Å². The third kappa shape index (κ3) is 9.40. The van der Waals surface area contributed by atoms with Crippen molar-refractivity contribution in [2.45, 2.75) is 30.9 Å². The Hall–Kier alpha value is -2.56. The minimum atomic E-state index is -1.26. The van der Waals surface area contributed by atoms with Crippen molar-refractivity contribution in [3.8, 4) is 5.75 Å². The quantitative estimate of drug-likeness (QED) is 0.397. The number of aliphatic carboxylic acids is 2. The number of amides is 1. The van der Waals surface area contributed by atoms with Crippen LogP contribution in [0.2, 0.25) is 0 Å². The van der Waals surface area contributed by atoms with Gasteiger partial charge >= 0.3 is 11.9 Å². The molecule has 0 aliphatic carbocycles. The molecule has 1 aliphatic rings. The number of hydrogen-bond acceptors (Lipinski definition) is 7. The van der Waals surface area contributed by atoms with Crippen LogP contribution in [-0.4, -0.2) is 64.2 Å². The molecule has 0 fully saturated rings. The van der Waals surface area contributed by atoms with Crippen LogP contribution in [0.1, 0.15) is 13.8 Å². The van der Waals surface area contributed by atoms with Crippen LogP contribution in [0.25, 0.3) is 0 Å². The zero-order valence-electron chi connectivity index (χ0n) is 15.5. The molecule has 1 aromatic carbocycles. The first-order chi connectivity index (χ1) is 13.2. The summed E-state index contributed by atoms with van der Waals surface area (Å²) in [6, 6.07) is 5.87. The van der Waals surface area contributed by atoms with Crippen molar-refractivity contribution in [2.24, 2.45) is 0 Å². The number of thioether (sulfide) groups is 1. The fourth-order valence-corrected chi connectivity index (χ4v) is 2.85. The summed E-state index contributed by atoms with van der Waals surface area (Å²) in [4.78, 5) is 31.4. The highest BCUT2D eigenvalue weighted by molar-refractivity contribution is 8.00. The van der Waals surface area contributed by atoms with E-state index in [0.717, 1.165) is 10.6 Å². The Morgan fingerprint density at radius 3 is 2.50 bits per heavy atom. The molecule has 1 aromatic rings. The molecule has 0 saturated carbocycles. The molecular weight excluding hydrogens is 388 g/mol. The second-order valence-electron chi connectivity index (χ2n) is 6.01. The number of benzene rings is 1. The van der Waals surface area contributed by atoms with Crippen LogP contribution in [-0.2, 0) is 14.4 Å². The number of hydrogen-bond donors (Lipinski definition) is 5. The predicted octanol–water partition coefficient (Wildman–Crippen LogP) is 1.18. The summed E-state index contributed by atoms with van der Waals surface area (Å²) in [5.74, 6) is -1.41. The van der Waals surface area contributed by atoms with Gasteiger partial charge in [0.2, 0.25) is 5.91 Å².